The van der Waals surface area contributed by atoms with Crippen LogP contribution in [0, 0.1) is 6.92 Å². The maximum Gasteiger partial charge on any atom is 0.248 e. The van der Waals surface area contributed by atoms with Gasteiger partial charge in [0, 0.05) is 35.4 Å². The molecule has 1 aromatic heterocycles. The van der Waals surface area contributed by atoms with Crippen molar-refractivity contribution in [3.8, 4) is 22.6 Å². The number of imidazole rings is 1. The van der Waals surface area contributed by atoms with Crippen LogP contribution < -0.4 is 14.8 Å². The second kappa shape index (κ2) is 17.3. The molecule has 0 spiro atoms. The van der Waals surface area contributed by atoms with E-state index in [1.807, 2.05) is 62.6 Å². The topological polar surface area (TPSA) is 91.7 Å². The quantitative estimate of drug-likeness (QED) is 0.0965. The van der Waals surface area contributed by atoms with E-state index in [-0.39, 0.29) is 5.91 Å². The van der Waals surface area contributed by atoms with E-state index in [4.69, 9.17) is 14.2 Å². The third-order valence-corrected chi connectivity index (χ3v) is 8.36. The number of aromatic nitrogens is 2. The maximum atomic E-state index is 13.1. The van der Waals surface area contributed by atoms with Crippen molar-refractivity contribution < 1.29 is 23.2 Å². The van der Waals surface area contributed by atoms with Crippen LogP contribution in [0.15, 0.2) is 84.0 Å². The molecule has 1 heterocycles. The van der Waals surface area contributed by atoms with E-state index in [0.29, 0.717) is 41.9 Å². The van der Waals surface area contributed by atoms with Crippen molar-refractivity contribution in [2.24, 2.45) is 0 Å². The Balaban J connectivity index is 1.38. The molecule has 0 saturated carbocycles. The third kappa shape index (κ3) is 9.89. The number of benzene rings is 3. The van der Waals surface area contributed by atoms with Crippen LogP contribution in [-0.4, -0.2) is 46.1 Å². The van der Waals surface area contributed by atoms with Crippen LogP contribution >= 0.6 is 0 Å². The number of rotatable bonds is 17. The highest BCUT2D eigenvalue weighted by molar-refractivity contribution is 7.84. The van der Waals surface area contributed by atoms with E-state index in [9.17, 15) is 9.00 Å². The molecule has 1 N–H and O–H groups in total. The van der Waals surface area contributed by atoms with Gasteiger partial charge in [-0.15, -0.1) is 0 Å². The van der Waals surface area contributed by atoms with Crippen LogP contribution in [0.5, 0.6) is 11.5 Å². The number of anilines is 1. The van der Waals surface area contributed by atoms with Gasteiger partial charge in [-0.05, 0) is 92.4 Å². The Hall–Kier alpha value is -4.21. The number of nitrogens with zero attached hydrogens (tertiary/aromatic N) is 2. The van der Waals surface area contributed by atoms with Gasteiger partial charge in [-0.25, -0.2) is 4.98 Å². The van der Waals surface area contributed by atoms with Gasteiger partial charge in [0.1, 0.15) is 18.1 Å². The first-order chi connectivity index (χ1) is 21.9. The number of amides is 1. The molecule has 8 nitrogen and oxygen atoms in total. The van der Waals surface area contributed by atoms with Crippen LogP contribution in [0.2, 0.25) is 0 Å². The molecule has 1 amide bonds. The summed E-state index contributed by atoms with van der Waals surface area (Å²) < 4.78 is 32.2. The Morgan fingerprint density at radius 2 is 1.67 bits per heavy atom. The predicted molar refractivity (Wildman–Crippen MR) is 181 cm³/mol. The SMILES string of the molecule is CCCOCCOc1ccc(-c2ccc(OCC)c(/C=C/C(=O)Nc3ccc([S@](=O)Cc4c(C)ncn4CCC)cc3)c2)cc1. The van der Waals surface area contributed by atoms with Crippen molar-refractivity contribution in [2.75, 3.05) is 31.7 Å². The van der Waals surface area contributed by atoms with Gasteiger partial charge in [-0.3, -0.25) is 9.00 Å². The first-order valence-corrected chi connectivity index (χ1v) is 16.8. The lowest BCUT2D eigenvalue weighted by atomic mass is 10.0. The molecule has 0 aliphatic carbocycles. The summed E-state index contributed by atoms with van der Waals surface area (Å²) in [7, 11) is -1.23. The number of carbonyl (C=O) groups is 1. The Bertz CT molecular complexity index is 1580. The van der Waals surface area contributed by atoms with Crippen LogP contribution in [0.4, 0.5) is 5.69 Å². The number of aryl methyl sites for hydroxylation is 2. The van der Waals surface area contributed by atoms with Gasteiger partial charge < -0.3 is 24.1 Å². The largest absolute Gasteiger partial charge is 0.493 e. The molecular formula is C36H43N3O5S. The van der Waals surface area contributed by atoms with Gasteiger partial charge in [0.05, 0.1) is 47.5 Å². The van der Waals surface area contributed by atoms with Gasteiger partial charge in [0.15, 0.2) is 0 Å². The van der Waals surface area contributed by atoms with Gasteiger partial charge in [-0.1, -0.05) is 32.0 Å². The second-order valence-electron chi connectivity index (χ2n) is 10.5. The number of ether oxygens (including phenoxy) is 3. The molecular weight excluding hydrogens is 586 g/mol. The zero-order valence-corrected chi connectivity index (χ0v) is 27.4. The van der Waals surface area contributed by atoms with E-state index in [1.165, 1.54) is 6.08 Å². The highest BCUT2D eigenvalue weighted by Crippen LogP contribution is 2.29. The summed E-state index contributed by atoms with van der Waals surface area (Å²) in [5, 5.41) is 2.89. The van der Waals surface area contributed by atoms with Gasteiger partial charge in [0.25, 0.3) is 0 Å². The highest BCUT2D eigenvalue weighted by atomic mass is 32.2. The zero-order chi connectivity index (χ0) is 32.0. The molecule has 238 valence electrons. The van der Waals surface area contributed by atoms with E-state index in [1.54, 1.807) is 30.3 Å². The lowest BCUT2D eigenvalue weighted by molar-refractivity contribution is -0.111. The van der Waals surface area contributed by atoms with E-state index in [0.717, 1.165) is 59.8 Å². The Labute approximate surface area is 268 Å². The number of hydrogen-bond acceptors (Lipinski definition) is 6. The summed E-state index contributed by atoms with van der Waals surface area (Å²) in [5.74, 6) is 1.60. The first-order valence-electron chi connectivity index (χ1n) is 15.5. The molecule has 0 bridgehead atoms. The van der Waals surface area contributed by atoms with Crippen molar-refractivity contribution in [3.05, 3.63) is 96.1 Å². The molecule has 0 saturated heterocycles. The number of hydrogen-bond donors (Lipinski definition) is 1. The van der Waals surface area contributed by atoms with Crippen LogP contribution in [0.3, 0.4) is 0 Å². The lowest BCUT2D eigenvalue weighted by Gasteiger charge is -2.11. The molecule has 4 rings (SSSR count). The summed E-state index contributed by atoms with van der Waals surface area (Å²) in [6, 6.07) is 20.9. The maximum absolute atomic E-state index is 13.1. The van der Waals surface area contributed by atoms with Crippen molar-refractivity contribution in [3.63, 3.8) is 0 Å². The predicted octanol–water partition coefficient (Wildman–Crippen LogP) is 7.43. The molecule has 1 atom stereocenters. The summed E-state index contributed by atoms with van der Waals surface area (Å²) >= 11 is 0. The second-order valence-corrected chi connectivity index (χ2v) is 11.9. The number of nitrogens with one attached hydrogen (secondary N) is 1. The van der Waals surface area contributed by atoms with Crippen molar-refractivity contribution >= 4 is 28.5 Å². The fourth-order valence-electron chi connectivity index (χ4n) is 4.73. The lowest BCUT2D eigenvalue weighted by Crippen LogP contribution is -2.08. The fourth-order valence-corrected chi connectivity index (χ4v) is 5.96. The molecule has 4 aromatic rings. The molecule has 0 radical (unpaired) electrons. The first kappa shape index (κ1) is 33.7. The highest BCUT2D eigenvalue weighted by Gasteiger charge is 2.13. The Morgan fingerprint density at radius 3 is 2.38 bits per heavy atom. The Kier molecular flexibility index (Phi) is 13.0. The minimum absolute atomic E-state index is 0.278. The van der Waals surface area contributed by atoms with Crippen LogP contribution in [0.1, 0.15) is 50.6 Å². The standard InChI is InChI=1S/C36H43N3O5S/c1-5-20-39-26-37-27(4)34(39)25-45(41)33-16-12-31(13-17-33)38-36(40)19-11-30-24-29(10-18-35(30)43-7-3)28-8-14-32(15-9-28)44-23-22-42-21-6-2/h8-19,24,26H,5-7,20-23,25H2,1-4H3,(H,38,40)/b19-11+/t45-/m1/s1. The van der Waals surface area contributed by atoms with Crippen molar-refractivity contribution in [2.45, 2.75) is 57.7 Å². The van der Waals surface area contributed by atoms with Gasteiger partial charge >= 0.3 is 0 Å². The minimum Gasteiger partial charge on any atom is -0.493 e. The van der Waals surface area contributed by atoms with Gasteiger partial charge in [0.2, 0.25) is 5.91 Å². The molecule has 0 fully saturated rings. The smallest absolute Gasteiger partial charge is 0.248 e. The third-order valence-electron chi connectivity index (χ3n) is 7.03. The summed E-state index contributed by atoms with van der Waals surface area (Å²) in [6.07, 6.45) is 7.03. The molecule has 0 aliphatic heterocycles. The van der Waals surface area contributed by atoms with E-state index in [2.05, 4.69) is 28.7 Å². The summed E-state index contributed by atoms with van der Waals surface area (Å²) in [6.45, 7) is 11.2. The summed E-state index contributed by atoms with van der Waals surface area (Å²) in [5.41, 5.74) is 5.32. The van der Waals surface area contributed by atoms with E-state index >= 15 is 0 Å². The van der Waals surface area contributed by atoms with Crippen molar-refractivity contribution in [1.29, 1.82) is 0 Å². The molecule has 0 aliphatic rings. The summed E-state index contributed by atoms with van der Waals surface area (Å²) in [4.78, 5) is 17.9. The van der Waals surface area contributed by atoms with Gasteiger partial charge in [-0.2, -0.15) is 0 Å². The van der Waals surface area contributed by atoms with Crippen LogP contribution in [0.25, 0.3) is 17.2 Å². The molecule has 45 heavy (non-hydrogen) atoms. The zero-order valence-electron chi connectivity index (χ0n) is 26.6. The van der Waals surface area contributed by atoms with Crippen LogP contribution in [-0.2, 0) is 32.6 Å². The minimum atomic E-state index is -1.23. The van der Waals surface area contributed by atoms with E-state index < -0.39 is 10.8 Å². The average molecular weight is 630 g/mol. The van der Waals surface area contributed by atoms with Crippen molar-refractivity contribution in [1.82, 2.24) is 9.55 Å². The molecule has 3 aromatic carbocycles. The monoisotopic (exact) mass is 629 g/mol. The normalized spacial score (nSPS) is 11.9. The molecule has 0 unspecified atom stereocenters. The molecule has 9 heteroatoms. The Morgan fingerprint density at radius 1 is 0.911 bits per heavy atom. The fraction of sp³-hybridized carbons (Fsp3) is 0.333. The average Bonchev–Trinajstić information content (AvgIpc) is 3.39. The number of carbonyl (C=O) groups excluding carboxylic acids is 1.